The van der Waals surface area contributed by atoms with Crippen LogP contribution in [0, 0.1) is 0 Å². The van der Waals surface area contributed by atoms with E-state index in [4.69, 9.17) is 5.73 Å². The average molecular weight is 289 g/mol. The van der Waals surface area contributed by atoms with Crippen LogP contribution in [0.15, 0.2) is 18.2 Å². The third-order valence-electron chi connectivity index (χ3n) is 2.72. The lowest BCUT2D eigenvalue weighted by atomic mass is 10.1. The normalized spacial score (nSPS) is 11.2. The van der Waals surface area contributed by atoms with E-state index in [-0.39, 0.29) is 29.4 Å². The predicted octanol–water partition coefficient (Wildman–Crippen LogP) is 2.41. The highest BCUT2D eigenvalue weighted by Gasteiger charge is 2.31. The highest BCUT2D eigenvalue weighted by Crippen LogP contribution is 2.28. The summed E-state index contributed by atoms with van der Waals surface area (Å²) in [6.45, 7) is 0.894. The van der Waals surface area contributed by atoms with Crippen molar-refractivity contribution in [3.05, 3.63) is 23.8 Å². The van der Waals surface area contributed by atoms with Gasteiger partial charge in [-0.1, -0.05) is 6.92 Å². The van der Waals surface area contributed by atoms with Crippen LogP contribution in [0.3, 0.4) is 0 Å². The van der Waals surface area contributed by atoms with E-state index in [0.717, 1.165) is 4.90 Å². The summed E-state index contributed by atoms with van der Waals surface area (Å²) in [6, 6.07) is 4.31. The number of anilines is 2. The second kappa shape index (κ2) is 6.49. The van der Waals surface area contributed by atoms with Crippen molar-refractivity contribution in [2.75, 3.05) is 30.8 Å². The van der Waals surface area contributed by atoms with E-state index in [1.807, 2.05) is 0 Å². The monoisotopic (exact) mass is 289 g/mol. The van der Waals surface area contributed by atoms with E-state index in [0.29, 0.717) is 6.42 Å². The topological polar surface area (TPSA) is 58.4 Å². The molecule has 0 saturated carbocycles. The maximum atomic E-state index is 12.6. The molecule has 3 N–H and O–H groups in total. The Morgan fingerprint density at radius 3 is 2.55 bits per heavy atom. The first-order chi connectivity index (χ1) is 9.28. The lowest BCUT2D eigenvalue weighted by molar-refractivity contribution is -0.119. The lowest BCUT2D eigenvalue weighted by Gasteiger charge is -2.27. The quantitative estimate of drug-likeness (QED) is 0.818. The number of rotatable bonds is 5. The number of nitrogens with two attached hydrogens (primary N) is 1. The number of benzene rings is 1. The minimum absolute atomic E-state index is 0.209. The molecule has 0 aliphatic rings. The molecule has 0 aliphatic heterocycles. The summed E-state index contributed by atoms with van der Waals surface area (Å²) in [5, 5.41) is 2.43. The molecule has 7 heteroatoms. The van der Waals surface area contributed by atoms with E-state index in [1.165, 1.54) is 25.2 Å². The summed E-state index contributed by atoms with van der Waals surface area (Å²) in [5.41, 5.74) is 6.46. The van der Waals surface area contributed by atoms with Crippen molar-refractivity contribution in [1.82, 2.24) is 5.32 Å². The average Bonchev–Trinajstić information content (AvgIpc) is 2.36. The van der Waals surface area contributed by atoms with Gasteiger partial charge >= 0.3 is 6.18 Å². The fourth-order valence-electron chi connectivity index (χ4n) is 1.87. The number of nitrogens with zero attached hydrogens (tertiary/aromatic N) is 1. The van der Waals surface area contributed by atoms with Gasteiger partial charge in [-0.2, -0.15) is 13.2 Å². The van der Waals surface area contributed by atoms with Crippen molar-refractivity contribution in [1.29, 1.82) is 0 Å². The molecular formula is C13H18F3N3O. The number of carbonyl (C=O) groups excluding carboxylic acids is 1. The molecule has 20 heavy (non-hydrogen) atoms. The fourth-order valence-corrected chi connectivity index (χ4v) is 1.87. The van der Waals surface area contributed by atoms with Crippen LogP contribution in [0.2, 0.25) is 0 Å². The van der Waals surface area contributed by atoms with E-state index in [1.54, 1.807) is 6.92 Å². The predicted molar refractivity (Wildman–Crippen MR) is 72.8 cm³/mol. The molecule has 0 unspecified atom stereocenters. The van der Waals surface area contributed by atoms with Gasteiger partial charge < -0.3 is 16.0 Å². The third-order valence-corrected chi connectivity index (χ3v) is 2.72. The minimum atomic E-state index is -4.33. The van der Waals surface area contributed by atoms with Crippen LogP contribution in [0.5, 0.6) is 0 Å². The number of hydrogen-bond acceptors (Lipinski definition) is 3. The van der Waals surface area contributed by atoms with Crippen LogP contribution in [0.4, 0.5) is 24.5 Å². The Morgan fingerprint density at radius 2 is 2.05 bits per heavy atom. The molecule has 0 spiro atoms. The van der Waals surface area contributed by atoms with Gasteiger partial charge in [-0.25, -0.2) is 0 Å². The molecule has 0 radical (unpaired) electrons. The molecule has 0 fully saturated rings. The van der Waals surface area contributed by atoms with E-state index < -0.39 is 12.7 Å². The molecule has 1 aromatic carbocycles. The van der Waals surface area contributed by atoms with Crippen molar-refractivity contribution in [2.24, 2.45) is 0 Å². The Kier molecular flexibility index (Phi) is 5.24. The second-order valence-electron chi connectivity index (χ2n) is 4.39. The van der Waals surface area contributed by atoms with Crippen LogP contribution in [0.25, 0.3) is 0 Å². The summed E-state index contributed by atoms with van der Waals surface area (Å²) in [5.74, 6) is -0.366. The maximum Gasteiger partial charge on any atom is 0.405 e. The Hall–Kier alpha value is -1.92. The smallest absolute Gasteiger partial charge is 0.397 e. The van der Waals surface area contributed by atoms with E-state index in [9.17, 15) is 18.0 Å². The molecule has 112 valence electrons. The van der Waals surface area contributed by atoms with Crippen LogP contribution >= 0.6 is 0 Å². The highest BCUT2D eigenvalue weighted by molar-refractivity contribution is 5.96. The first kappa shape index (κ1) is 16.1. The number of alkyl halides is 3. The molecule has 0 saturated heterocycles. The summed E-state index contributed by atoms with van der Waals surface area (Å²) in [6.07, 6.45) is -3.79. The number of halogens is 3. The zero-order valence-corrected chi connectivity index (χ0v) is 11.4. The van der Waals surface area contributed by atoms with Gasteiger partial charge in [-0.05, 0) is 24.6 Å². The highest BCUT2D eigenvalue weighted by atomic mass is 19.4. The van der Waals surface area contributed by atoms with Crippen molar-refractivity contribution in [3.63, 3.8) is 0 Å². The number of nitrogen functional groups attached to an aromatic ring is 1. The summed E-state index contributed by atoms with van der Waals surface area (Å²) >= 11 is 0. The molecule has 1 aromatic rings. The molecule has 0 aromatic heterocycles. The summed E-state index contributed by atoms with van der Waals surface area (Å²) in [4.78, 5) is 12.7. The Bertz CT molecular complexity index is 474. The van der Waals surface area contributed by atoms with Gasteiger partial charge in [-0.3, -0.25) is 4.79 Å². The zero-order valence-electron chi connectivity index (χ0n) is 11.4. The van der Waals surface area contributed by atoms with Crippen LogP contribution < -0.4 is 16.0 Å². The zero-order chi connectivity index (χ0) is 15.3. The van der Waals surface area contributed by atoms with E-state index >= 15 is 0 Å². The molecule has 1 amide bonds. The second-order valence-corrected chi connectivity index (χ2v) is 4.39. The van der Waals surface area contributed by atoms with Crippen molar-refractivity contribution < 1.29 is 18.0 Å². The number of carbonyl (C=O) groups is 1. The Morgan fingerprint density at radius 1 is 1.40 bits per heavy atom. The van der Waals surface area contributed by atoms with E-state index in [2.05, 4.69) is 5.32 Å². The van der Waals surface area contributed by atoms with Crippen molar-refractivity contribution in [2.45, 2.75) is 19.5 Å². The molecule has 0 bridgehead atoms. The Balaban J connectivity index is 3.14. The largest absolute Gasteiger partial charge is 0.405 e. The first-order valence-electron chi connectivity index (χ1n) is 6.21. The molecule has 0 atom stereocenters. The molecule has 0 aliphatic carbocycles. The third kappa shape index (κ3) is 4.32. The SMILES string of the molecule is CCCN(CC(F)(F)F)c1cc(C(=O)NC)ccc1N. The molecule has 4 nitrogen and oxygen atoms in total. The first-order valence-corrected chi connectivity index (χ1v) is 6.21. The summed E-state index contributed by atoms with van der Waals surface area (Å²) in [7, 11) is 1.46. The van der Waals surface area contributed by atoms with Gasteiger partial charge in [0.15, 0.2) is 0 Å². The molecule has 1 rings (SSSR count). The fraction of sp³-hybridized carbons (Fsp3) is 0.462. The number of hydrogen-bond donors (Lipinski definition) is 2. The van der Waals surface area contributed by atoms with Gasteiger partial charge in [0.1, 0.15) is 6.54 Å². The minimum Gasteiger partial charge on any atom is -0.397 e. The molecule has 0 heterocycles. The van der Waals surface area contributed by atoms with Gasteiger partial charge in [0.25, 0.3) is 5.91 Å². The summed E-state index contributed by atoms with van der Waals surface area (Å²) < 4.78 is 37.8. The van der Waals surface area contributed by atoms with Crippen LogP contribution in [0.1, 0.15) is 23.7 Å². The Labute approximate surface area is 115 Å². The standard InChI is InChI=1S/C13H18F3N3O/c1-3-6-19(8-13(14,15)16)11-7-9(12(20)18-2)4-5-10(11)17/h4-5,7H,3,6,8,17H2,1-2H3,(H,18,20). The van der Waals surface area contributed by atoms with Gasteiger partial charge in [-0.15, -0.1) is 0 Å². The van der Waals surface area contributed by atoms with Gasteiger partial charge in [0.2, 0.25) is 0 Å². The van der Waals surface area contributed by atoms with Gasteiger partial charge in [0, 0.05) is 19.2 Å². The van der Waals surface area contributed by atoms with Crippen molar-refractivity contribution in [3.8, 4) is 0 Å². The van der Waals surface area contributed by atoms with Crippen LogP contribution in [-0.2, 0) is 0 Å². The number of amides is 1. The van der Waals surface area contributed by atoms with Crippen molar-refractivity contribution >= 4 is 17.3 Å². The maximum absolute atomic E-state index is 12.6. The van der Waals surface area contributed by atoms with Crippen LogP contribution in [-0.4, -0.2) is 32.2 Å². The molecular weight excluding hydrogens is 271 g/mol. The number of nitrogens with one attached hydrogen (secondary N) is 1. The van der Waals surface area contributed by atoms with Gasteiger partial charge in [0.05, 0.1) is 11.4 Å². The lowest BCUT2D eigenvalue weighted by Crippen LogP contribution is -2.35.